The normalized spacial score (nSPS) is 18.3. The first kappa shape index (κ1) is 12.8. The third kappa shape index (κ3) is 2.69. The maximum absolute atomic E-state index is 5.61. The van der Waals surface area contributed by atoms with Gasteiger partial charge in [0.05, 0.1) is 12.2 Å². The van der Waals surface area contributed by atoms with Crippen LogP contribution in [-0.4, -0.2) is 10.7 Å². The average molecular weight is 274 g/mol. The van der Waals surface area contributed by atoms with Gasteiger partial charge in [-0.15, -0.1) is 11.8 Å². The summed E-state index contributed by atoms with van der Waals surface area (Å²) < 4.78 is 5.61. The average Bonchev–Trinajstić information content (AvgIpc) is 2.75. The molecule has 2 aromatic rings. The van der Waals surface area contributed by atoms with E-state index in [4.69, 9.17) is 4.42 Å². The molecule has 4 heteroatoms. The van der Waals surface area contributed by atoms with Crippen LogP contribution in [0, 0.1) is 13.8 Å². The van der Waals surface area contributed by atoms with E-state index in [0.29, 0.717) is 12.6 Å². The maximum atomic E-state index is 5.61. The molecular formula is C15H18N2OS. The van der Waals surface area contributed by atoms with Crippen molar-refractivity contribution in [1.82, 2.24) is 10.3 Å². The highest BCUT2D eigenvalue weighted by atomic mass is 32.2. The van der Waals surface area contributed by atoms with Gasteiger partial charge in [0.1, 0.15) is 5.76 Å². The van der Waals surface area contributed by atoms with Crippen molar-refractivity contribution in [2.24, 2.45) is 0 Å². The first-order valence-corrected chi connectivity index (χ1v) is 7.60. The molecule has 100 valence electrons. The van der Waals surface area contributed by atoms with Crippen LogP contribution in [-0.2, 0) is 6.54 Å². The van der Waals surface area contributed by atoms with Crippen molar-refractivity contribution in [2.75, 3.05) is 5.75 Å². The molecule has 0 fully saturated rings. The number of nitrogens with one attached hydrogen (secondary N) is 1. The van der Waals surface area contributed by atoms with Gasteiger partial charge in [-0.3, -0.25) is 0 Å². The number of oxazole rings is 1. The Morgan fingerprint density at radius 3 is 3.00 bits per heavy atom. The Morgan fingerprint density at radius 2 is 2.21 bits per heavy atom. The van der Waals surface area contributed by atoms with Gasteiger partial charge in [0.2, 0.25) is 5.89 Å². The van der Waals surface area contributed by atoms with Crippen molar-refractivity contribution in [2.45, 2.75) is 37.8 Å². The molecule has 3 rings (SSSR count). The topological polar surface area (TPSA) is 38.1 Å². The van der Waals surface area contributed by atoms with E-state index in [2.05, 4.69) is 34.6 Å². The monoisotopic (exact) mass is 274 g/mol. The number of aryl methyl sites for hydroxylation is 2. The number of benzene rings is 1. The molecule has 1 aromatic heterocycles. The van der Waals surface area contributed by atoms with Crippen LogP contribution < -0.4 is 5.32 Å². The number of nitrogens with zero attached hydrogens (tertiary/aromatic N) is 1. The summed E-state index contributed by atoms with van der Waals surface area (Å²) >= 11 is 1.94. The molecule has 19 heavy (non-hydrogen) atoms. The van der Waals surface area contributed by atoms with Crippen molar-refractivity contribution >= 4 is 11.8 Å². The molecule has 3 nitrogen and oxygen atoms in total. The smallest absolute Gasteiger partial charge is 0.208 e. The Hall–Kier alpha value is -1.26. The minimum atomic E-state index is 0.407. The molecule has 1 aromatic carbocycles. The summed E-state index contributed by atoms with van der Waals surface area (Å²) in [5, 5.41) is 3.57. The molecule has 1 unspecified atom stereocenters. The fourth-order valence-corrected chi connectivity index (χ4v) is 3.50. The van der Waals surface area contributed by atoms with Crippen molar-refractivity contribution in [3.8, 4) is 0 Å². The largest absolute Gasteiger partial charge is 0.444 e. The first-order chi connectivity index (χ1) is 9.24. The number of fused-ring (bicyclic) bond motifs is 1. The predicted molar refractivity (Wildman–Crippen MR) is 77.3 cm³/mol. The Morgan fingerprint density at radius 1 is 1.37 bits per heavy atom. The van der Waals surface area contributed by atoms with E-state index in [1.807, 2.05) is 25.6 Å². The molecular weight excluding hydrogens is 256 g/mol. The highest BCUT2D eigenvalue weighted by Crippen LogP contribution is 2.35. The van der Waals surface area contributed by atoms with Gasteiger partial charge >= 0.3 is 0 Å². The van der Waals surface area contributed by atoms with E-state index in [1.54, 1.807) is 0 Å². The standard InChI is InChI=1S/C15H18N2OS/c1-10-11(2)18-15(17-10)9-16-13-7-8-19-14-6-4-3-5-12(13)14/h3-6,13,16H,7-9H2,1-2H3. The lowest BCUT2D eigenvalue weighted by Crippen LogP contribution is -2.24. The van der Waals surface area contributed by atoms with Crippen LogP contribution in [0.1, 0.15) is 35.4 Å². The van der Waals surface area contributed by atoms with E-state index in [9.17, 15) is 0 Å². The summed E-state index contributed by atoms with van der Waals surface area (Å²) in [7, 11) is 0. The van der Waals surface area contributed by atoms with Crippen LogP contribution in [0.25, 0.3) is 0 Å². The van der Waals surface area contributed by atoms with Crippen LogP contribution in [0.15, 0.2) is 33.6 Å². The molecule has 1 atom stereocenters. The van der Waals surface area contributed by atoms with Crippen LogP contribution >= 0.6 is 11.8 Å². The summed E-state index contributed by atoms with van der Waals surface area (Å²) in [6, 6.07) is 9.04. The van der Waals surface area contributed by atoms with E-state index in [1.165, 1.54) is 10.5 Å². The SMILES string of the molecule is Cc1nc(CNC2CCSc3ccccc32)oc1C. The number of rotatable bonds is 3. The van der Waals surface area contributed by atoms with Crippen molar-refractivity contribution in [1.29, 1.82) is 0 Å². The molecule has 0 amide bonds. The second-order valence-corrected chi connectivity index (χ2v) is 5.99. The quantitative estimate of drug-likeness (QED) is 0.927. The lowest BCUT2D eigenvalue weighted by molar-refractivity contribution is 0.417. The molecule has 0 saturated heterocycles. The van der Waals surface area contributed by atoms with Gasteiger partial charge in [-0.1, -0.05) is 18.2 Å². The van der Waals surface area contributed by atoms with Crippen LogP contribution in [0.2, 0.25) is 0 Å². The lowest BCUT2D eigenvalue weighted by Gasteiger charge is -2.25. The summed E-state index contributed by atoms with van der Waals surface area (Å²) in [6.45, 7) is 4.63. The highest BCUT2D eigenvalue weighted by Gasteiger charge is 2.20. The van der Waals surface area contributed by atoms with E-state index in [-0.39, 0.29) is 0 Å². The number of thioether (sulfide) groups is 1. The predicted octanol–water partition coefficient (Wildman–Crippen LogP) is 3.62. The lowest BCUT2D eigenvalue weighted by atomic mass is 10.0. The van der Waals surface area contributed by atoms with Crippen LogP contribution in [0.5, 0.6) is 0 Å². The molecule has 0 radical (unpaired) electrons. The van der Waals surface area contributed by atoms with E-state index >= 15 is 0 Å². The second-order valence-electron chi connectivity index (χ2n) is 4.86. The van der Waals surface area contributed by atoms with Crippen molar-refractivity contribution in [3.05, 3.63) is 47.2 Å². The van der Waals surface area contributed by atoms with Crippen LogP contribution in [0.3, 0.4) is 0 Å². The third-order valence-electron chi connectivity index (χ3n) is 3.53. The van der Waals surface area contributed by atoms with Gasteiger partial charge in [0.25, 0.3) is 0 Å². The molecule has 1 N–H and O–H groups in total. The minimum absolute atomic E-state index is 0.407. The molecule has 2 heterocycles. The van der Waals surface area contributed by atoms with Gasteiger partial charge < -0.3 is 9.73 Å². The first-order valence-electron chi connectivity index (χ1n) is 6.62. The zero-order valence-electron chi connectivity index (χ0n) is 11.3. The van der Waals surface area contributed by atoms with Gasteiger partial charge in [0, 0.05) is 10.9 Å². The van der Waals surface area contributed by atoms with Crippen molar-refractivity contribution < 1.29 is 4.42 Å². The zero-order valence-corrected chi connectivity index (χ0v) is 12.1. The molecule has 0 saturated carbocycles. The van der Waals surface area contributed by atoms with Gasteiger partial charge in [-0.25, -0.2) is 4.98 Å². The second kappa shape index (κ2) is 5.39. The maximum Gasteiger partial charge on any atom is 0.208 e. The molecule has 0 bridgehead atoms. The third-order valence-corrected chi connectivity index (χ3v) is 4.65. The van der Waals surface area contributed by atoms with E-state index in [0.717, 1.165) is 29.5 Å². The Labute approximate surface area is 117 Å². The Bertz CT molecular complexity index is 560. The van der Waals surface area contributed by atoms with Gasteiger partial charge in [0.15, 0.2) is 0 Å². The molecule has 0 spiro atoms. The van der Waals surface area contributed by atoms with Gasteiger partial charge in [-0.05, 0) is 37.7 Å². The number of aromatic nitrogens is 1. The minimum Gasteiger partial charge on any atom is -0.444 e. The fourth-order valence-electron chi connectivity index (χ4n) is 2.38. The summed E-state index contributed by atoms with van der Waals surface area (Å²) in [6.07, 6.45) is 1.15. The summed E-state index contributed by atoms with van der Waals surface area (Å²) in [5.74, 6) is 2.86. The van der Waals surface area contributed by atoms with Crippen molar-refractivity contribution in [3.63, 3.8) is 0 Å². The fraction of sp³-hybridized carbons (Fsp3) is 0.400. The highest BCUT2D eigenvalue weighted by molar-refractivity contribution is 7.99. The van der Waals surface area contributed by atoms with Gasteiger partial charge in [-0.2, -0.15) is 0 Å². The number of hydrogen-bond donors (Lipinski definition) is 1. The molecule has 1 aliphatic rings. The number of hydrogen-bond acceptors (Lipinski definition) is 4. The summed E-state index contributed by atoms with van der Waals surface area (Å²) in [4.78, 5) is 5.81. The Kier molecular flexibility index (Phi) is 3.62. The zero-order chi connectivity index (χ0) is 13.2. The molecule has 1 aliphatic heterocycles. The molecule has 0 aliphatic carbocycles. The summed E-state index contributed by atoms with van der Waals surface area (Å²) in [5.41, 5.74) is 2.38. The van der Waals surface area contributed by atoms with E-state index < -0.39 is 0 Å². The van der Waals surface area contributed by atoms with Crippen LogP contribution in [0.4, 0.5) is 0 Å². The Balaban J connectivity index is 1.71.